The third-order valence-corrected chi connectivity index (χ3v) is 4.13. The lowest BCUT2D eigenvalue weighted by Gasteiger charge is -2.15. The summed E-state index contributed by atoms with van der Waals surface area (Å²) in [6.07, 6.45) is 2.03. The van der Waals surface area contributed by atoms with E-state index in [4.69, 9.17) is 0 Å². The van der Waals surface area contributed by atoms with E-state index < -0.39 is 0 Å². The Balaban J connectivity index is 2.14. The molecule has 1 amide bonds. The highest BCUT2D eigenvalue weighted by atomic mass is 16.2. The zero-order valence-electron chi connectivity index (χ0n) is 14.5. The van der Waals surface area contributed by atoms with E-state index in [2.05, 4.69) is 19.2 Å². The maximum absolute atomic E-state index is 12.5. The number of rotatable bonds is 7. The van der Waals surface area contributed by atoms with Crippen LogP contribution in [0.1, 0.15) is 40.5 Å². The Morgan fingerprint density at radius 1 is 1.09 bits per heavy atom. The van der Waals surface area contributed by atoms with E-state index >= 15 is 0 Å². The van der Waals surface area contributed by atoms with Crippen LogP contribution in [-0.4, -0.2) is 21.1 Å². The molecule has 2 aromatic rings. The molecule has 0 aliphatic carbocycles. The summed E-state index contributed by atoms with van der Waals surface area (Å²) in [4.78, 5) is 24.8. The number of imidazole rings is 1. The standard InChI is InChI=1S/C18H27N3O2/c1-5-20-15-8-6-7-9-16(15)21(18(20)23)12-17(22)19-14(4)11-10-13(2)3/h6-9,13-14H,5,10-12H2,1-4H3,(H,19,22). The predicted octanol–water partition coefficient (Wildman–Crippen LogP) is 2.76. The average molecular weight is 317 g/mol. The lowest BCUT2D eigenvalue weighted by atomic mass is 10.0. The molecule has 1 atom stereocenters. The number of fused-ring (bicyclic) bond motifs is 1. The van der Waals surface area contributed by atoms with E-state index in [9.17, 15) is 9.59 Å². The first-order chi connectivity index (χ1) is 10.9. The predicted molar refractivity (Wildman–Crippen MR) is 93.5 cm³/mol. The molecule has 2 rings (SSSR count). The van der Waals surface area contributed by atoms with Gasteiger partial charge < -0.3 is 5.32 Å². The second kappa shape index (κ2) is 7.49. The fraction of sp³-hybridized carbons (Fsp3) is 0.556. The molecule has 1 N–H and O–H groups in total. The molecule has 5 nitrogen and oxygen atoms in total. The van der Waals surface area contributed by atoms with Crippen LogP contribution in [0.3, 0.4) is 0 Å². The van der Waals surface area contributed by atoms with E-state index in [1.165, 1.54) is 0 Å². The van der Waals surface area contributed by atoms with Gasteiger partial charge in [-0.3, -0.25) is 13.9 Å². The zero-order chi connectivity index (χ0) is 17.0. The van der Waals surface area contributed by atoms with Crippen molar-refractivity contribution >= 4 is 16.9 Å². The maximum Gasteiger partial charge on any atom is 0.329 e. The van der Waals surface area contributed by atoms with Crippen molar-refractivity contribution in [2.24, 2.45) is 5.92 Å². The summed E-state index contributed by atoms with van der Waals surface area (Å²) < 4.78 is 3.26. The summed E-state index contributed by atoms with van der Waals surface area (Å²) in [5.41, 5.74) is 1.56. The molecule has 1 aromatic heterocycles. The molecule has 0 saturated heterocycles. The van der Waals surface area contributed by atoms with Crippen LogP contribution >= 0.6 is 0 Å². The highest BCUT2D eigenvalue weighted by Crippen LogP contribution is 2.12. The van der Waals surface area contributed by atoms with E-state index in [0.717, 1.165) is 23.9 Å². The first-order valence-corrected chi connectivity index (χ1v) is 8.41. The molecule has 23 heavy (non-hydrogen) atoms. The van der Waals surface area contributed by atoms with Gasteiger partial charge in [-0.2, -0.15) is 0 Å². The van der Waals surface area contributed by atoms with Crippen molar-refractivity contribution in [3.63, 3.8) is 0 Å². The molecule has 0 saturated carbocycles. The number of benzene rings is 1. The average Bonchev–Trinajstić information content (AvgIpc) is 2.77. The van der Waals surface area contributed by atoms with Gasteiger partial charge in [0.2, 0.25) is 5.91 Å². The van der Waals surface area contributed by atoms with Gasteiger partial charge in [0.05, 0.1) is 11.0 Å². The van der Waals surface area contributed by atoms with Gasteiger partial charge in [-0.15, -0.1) is 0 Å². The summed E-state index contributed by atoms with van der Waals surface area (Å²) >= 11 is 0. The number of carbonyl (C=O) groups is 1. The Morgan fingerprint density at radius 3 is 2.26 bits per heavy atom. The minimum absolute atomic E-state index is 0.0678. The minimum Gasteiger partial charge on any atom is -0.352 e. The molecule has 1 aromatic carbocycles. The van der Waals surface area contributed by atoms with Crippen molar-refractivity contribution in [1.29, 1.82) is 0 Å². The third-order valence-electron chi connectivity index (χ3n) is 4.13. The van der Waals surface area contributed by atoms with Gasteiger partial charge in [-0.1, -0.05) is 26.0 Å². The van der Waals surface area contributed by atoms with Gasteiger partial charge in [0.25, 0.3) is 0 Å². The van der Waals surface area contributed by atoms with E-state index in [-0.39, 0.29) is 24.2 Å². The number of hydrogen-bond acceptors (Lipinski definition) is 2. The molecule has 0 aliphatic heterocycles. The Hall–Kier alpha value is -2.04. The fourth-order valence-electron chi connectivity index (χ4n) is 2.85. The number of nitrogens with one attached hydrogen (secondary N) is 1. The monoisotopic (exact) mass is 317 g/mol. The molecule has 1 unspecified atom stereocenters. The first-order valence-electron chi connectivity index (χ1n) is 8.41. The molecule has 0 spiro atoms. The number of nitrogens with zero attached hydrogens (tertiary/aromatic N) is 2. The number of para-hydroxylation sites is 2. The molecular formula is C18H27N3O2. The van der Waals surface area contributed by atoms with Gasteiger partial charge in [0, 0.05) is 12.6 Å². The van der Waals surface area contributed by atoms with Gasteiger partial charge in [-0.25, -0.2) is 4.79 Å². The van der Waals surface area contributed by atoms with E-state index in [1.54, 1.807) is 9.13 Å². The molecule has 126 valence electrons. The lowest BCUT2D eigenvalue weighted by Crippen LogP contribution is -2.37. The normalized spacial score (nSPS) is 12.7. The molecule has 0 fully saturated rings. The third kappa shape index (κ3) is 4.03. The van der Waals surface area contributed by atoms with Crippen molar-refractivity contribution in [2.75, 3.05) is 0 Å². The van der Waals surface area contributed by atoms with Crippen LogP contribution in [-0.2, 0) is 17.9 Å². The zero-order valence-corrected chi connectivity index (χ0v) is 14.5. The second-order valence-corrected chi connectivity index (χ2v) is 6.54. The highest BCUT2D eigenvalue weighted by Gasteiger charge is 2.15. The number of aromatic nitrogens is 2. The number of hydrogen-bond donors (Lipinski definition) is 1. The Morgan fingerprint density at radius 2 is 1.70 bits per heavy atom. The molecule has 1 heterocycles. The van der Waals surface area contributed by atoms with Gasteiger partial charge >= 0.3 is 5.69 Å². The number of carbonyl (C=O) groups excluding carboxylic acids is 1. The van der Waals surface area contributed by atoms with Gasteiger partial charge in [-0.05, 0) is 44.7 Å². The SMILES string of the molecule is CCn1c(=O)n(CC(=O)NC(C)CCC(C)C)c2ccccc21. The van der Waals surface area contributed by atoms with Crippen LogP contribution in [0.5, 0.6) is 0 Å². The summed E-state index contributed by atoms with van der Waals surface area (Å²) in [6.45, 7) is 8.96. The number of aryl methyl sites for hydroxylation is 1. The summed E-state index contributed by atoms with van der Waals surface area (Å²) in [5, 5.41) is 3.00. The van der Waals surface area contributed by atoms with Gasteiger partial charge in [0.15, 0.2) is 0 Å². The first kappa shape index (κ1) is 17.3. The lowest BCUT2D eigenvalue weighted by molar-refractivity contribution is -0.122. The molecule has 0 aliphatic rings. The summed E-state index contributed by atoms with van der Waals surface area (Å²) in [7, 11) is 0. The fourth-order valence-corrected chi connectivity index (χ4v) is 2.85. The quantitative estimate of drug-likeness (QED) is 0.853. The van der Waals surface area contributed by atoms with Crippen molar-refractivity contribution in [3.05, 3.63) is 34.7 Å². The van der Waals surface area contributed by atoms with Crippen molar-refractivity contribution in [1.82, 2.24) is 14.5 Å². The molecule has 0 radical (unpaired) electrons. The second-order valence-electron chi connectivity index (χ2n) is 6.54. The van der Waals surface area contributed by atoms with E-state index in [0.29, 0.717) is 12.5 Å². The van der Waals surface area contributed by atoms with Crippen LogP contribution < -0.4 is 11.0 Å². The topological polar surface area (TPSA) is 56.0 Å². The maximum atomic E-state index is 12.5. The molecule has 0 bridgehead atoms. The largest absolute Gasteiger partial charge is 0.352 e. The van der Waals surface area contributed by atoms with Crippen LogP contribution in [0, 0.1) is 5.92 Å². The summed E-state index contributed by atoms with van der Waals surface area (Å²) in [5.74, 6) is 0.516. The van der Waals surface area contributed by atoms with E-state index in [1.807, 2.05) is 38.1 Å². The summed E-state index contributed by atoms with van der Waals surface area (Å²) in [6, 6.07) is 7.73. The molecular weight excluding hydrogens is 290 g/mol. The Kier molecular flexibility index (Phi) is 5.64. The van der Waals surface area contributed by atoms with Gasteiger partial charge in [0.1, 0.15) is 6.54 Å². The Labute approximate surface area is 137 Å². The Bertz CT molecular complexity index is 727. The van der Waals surface area contributed by atoms with Crippen LogP contribution in [0.4, 0.5) is 0 Å². The van der Waals surface area contributed by atoms with Crippen molar-refractivity contribution in [2.45, 2.75) is 59.7 Å². The number of amides is 1. The van der Waals surface area contributed by atoms with Crippen LogP contribution in [0.2, 0.25) is 0 Å². The van der Waals surface area contributed by atoms with Crippen LogP contribution in [0.25, 0.3) is 11.0 Å². The van der Waals surface area contributed by atoms with Crippen molar-refractivity contribution in [3.8, 4) is 0 Å². The smallest absolute Gasteiger partial charge is 0.329 e. The minimum atomic E-state index is -0.126. The van der Waals surface area contributed by atoms with Crippen LogP contribution in [0.15, 0.2) is 29.1 Å². The van der Waals surface area contributed by atoms with Crippen molar-refractivity contribution < 1.29 is 4.79 Å². The highest BCUT2D eigenvalue weighted by molar-refractivity contribution is 5.81. The molecule has 5 heteroatoms.